The Bertz CT molecular complexity index is 818. The smallest absolute Gasteiger partial charge is 0.251 e. The molecule has 0 radical (unpaired) electrons. The van der Waals surface area contributed by atoms with Crippen molar-refractivity contribution >= 4 is 39.9 Å². The Morgan fingerprint density at radius 1 is 1.15 bits per heavy atom. The Morgan fingerprint density at radius 2 is 1.96 bits per heavy atom. The van der Waals surface area contributed by atoms with Crippen molar-refractivity contribution in [3.63, 3.8) is 0 Å². The van der Waals surface area contributed by atoms with Gasteiger partial charge < -0.3 is 16.0 Å². The molecule has 4 rings (SSSR count). The van der Waals surface area contributed by atoms with E-state index in [1.165, 1.54) is 24.7 Å². The second-order valence-corrected chi connectivity index (χ2v) is 9.25. The Balaban J connectivity index is 1.35. The van der Waals surface area contributed by atoms with E-state index in [4.69, 9.17) is 0 Å². The summed E-state index contributed by atoms with van der Waals surface area (Å²) in [5, 5.41) is 10.3. The molecule has 1 aromatic heterocycles. The molecule has 3 N–H and O–H groups in total. The lowest BCUT2D eigenvalue weighted by atomic mass is 9.95. The molecule has 2 saturated heterocycles. The number of benzene rings is 1. The Morgan fingerprint density at radius 3 is 2.62 bits per heavy atom. The number of hydrogen-bond acceptors (Lipinski definition) is 5. The van der Waals surface area contributed by atoms with Crippen LogP contribution in [0.1, 0.15) is 36.5 Å². The van der Waals surface area contributed by atoms with Crippen LogP contribution in [-0.2, 0) is 4.79 Å². The highest BCUT2D eigenvalue weighted by Gasteiger charge is 2.39. The van der Waals surface area contributed by atoms with Gasteiger partial charge in [-0.2, -0.15) is 0 Å². The molecule has 3 atom stereocenters. The number of carbonyl (C=O) groups is 2. The summed E-state index contributed by atoms with van der Waals surface area (Å²) in [7, 11) is 0. The molecular formula is C19H21N3O2S2. The van der Waals surface area contributed by atoms with Crippen LogP contribution in [0.15, 0.2) is 45.5 Å². The van der Waals surface area contributed by atoms with Gasteiger partial charge in [-0.25, -0.2) is 0 Å². The highest BCUT2D eigenvalue weighted by Crippen LogP contribution is 2.35. The molecular weight excluding hydrogens is 366 g/mol. The SMILES string of the molecule is CC(=O)Nc1ccc(Sc2ccc(C(=O)N[C@@H]3C[C@H]4CC[C@@H]3N4)cc2)s1. The number of fused-ring (bicyclic) bond motifs is 2. The van der Waals surface area contributed by atoms with E-state index < -0.39 is 0 Å². The van der Waals surface area contributed by atoms with Crippen LogP contribution in [-0.4, -0.2) is 29.9 Å². The number of nitrogens with one attached hydrogen (secondary N) is 3. The highest BCUT2D eigenvalue weighted by atomic mass is 32.2. The van der Waals surface area contributed by atoms with Gasteiger partial charge >= 0.3 is 0 Å². The van der Waals surface area contributed by atoms with Crippen molar-refractivity contribution in [1.29, 1.82) is 0 Å². The number of carbonyl (C=O) groups excluding carboxylic acids is 2. The summed E-state index contributed by atoms with van der Waals surface area (Å²) in [5.74, 6) is -0.0607. The highest BCUT2D eigenvalue weighted by molar-refractivity contribution is 8.01. The zero-order valence-electron chi connectivity index (χ0n) is 14.5. The normalized spacial score (nSPS) is 23.8. The van der Waals surface area contributed by atoms with Gasteiger partial charge in [0.05, 0.1) is 9.21 Å². The van der Waals surface area contributed by atoms with Crippen LogP contribution >= 0.6 is 23.1 Å². The molecule has 0 spiro atoms. The van der Waals surface area contributed by atoms with Crippen LogP contribution in [0.2, 0.25) is 0 Å². The van der Waals surface area contributed by atoms with Gasteiger partial charge in [0.1, 0.15) is 0 Å². The molecule has 2 bridgehead atoms. The van der Waals surface area contributed by atoms with Crippen molar-refractivity contribution in [2.24, 2.45) is 0 Å². The van der Waals surface area contributed by atoms with Gasteiger partial charge in [-0.1, -0.05) is 11.8 Å². The van der Waals surface area contributed by atoms with Gasteiger partial charge in [0.25, 0.3) is 5.91 Å². The van der Waals surface area contributed by atoms with E-state index in [0.29, 0.717) is 17.6 Å². The summed E-state index contributed by atoms with van der Waals surface area (Å²) < 4.78 is 1.10. The molecule has 2 aromatic rings. The first-order valence-corrected chi connectivity index (χ1v) is 10.4. The maximum atomic E-state index is 12.5. The Hall–Kier alpha value is -1.83. The molecule has 1 aromatic carbocycles. The van der Waals surface area contributed by atoms with Crippen molar-refractivity contribution in [3.8, 4) is 0 Å². The van der Waals surface area contributed by atoms with E-state index in [0.717, 1.165) is 26.9 Å². The van der Waals surface area contributed by atoms with Gasteiger partial charge in [-0.05, 0) is 55.7 Å². The first-order chi connectivity index (χ1) is 12.6. The van der Waals surface area contributed by atoms with Crippen molar-refractivity contribution < 1.29 is 9.59 Å². The molecule has 0 aliphatic carbocycles. The van der Waals surface area contributed by atoms with Gasteiger partial charge in [-0.15, -0.1) is 11.3 Å². The third-order valence-electron chi connectivity index (χ3n) is 4.83. The molecule has 3 heterocycles. The average molecular weight is 388 g/mol. The largest absolute Gasteiger partial charge is 0.348 e. The third kappa shape index (κ3) is 3.95. The van der Waals surface area contributed by atoms with Crippen molar-refractivity contribution in [1.82, 2.24) is 10.6 Å². The second-order valence-electron chi connectivity index (χ2n) is 6.79. The summed E-state index contributed by atoms with van der Waals surface area (Å²) >= 11 is 3.16. The van der Waals surface area contributed by atoms with Crippen LogP contribution in [0.25, 0.3) is 0 Å². The van der Waals surface area contributed by atoms with Crippen molar-refractivity contribution in [2.75, 3.05) is 5.32 Å². The number of thiophene rings is 1. The summed E-state index contributed by atoms with van der Waals surface area (Å²) in [6.45, 7) is 1.50. The van der Waals surface area contributed by atoms with E-state index in [2.05, 4.69) is 16.0 Å². The number of hydrogen-bond donors (Lipinski definition) is 3. The zero-order valence-corrected chi connectivity index (χ0v) is 16.1. The predicted molar refractivity (Wildman–Crippen MR) is 105 cm³/mol. The summed E-state index contributed by atoms with van der Waals surface area (Å²) in [6.07, 6.45) is 3.43. The number of rotatable bonds is 5. The molecule has 2 fully saturated rings. The molecule has 2 amide bonds. The molecule has 0 saturated carbocycles. The van der Waals surface area contributed by atoms with E-state index in [9.17, 15) is 9.59 Å². The fourth-order valence-electron chi connectivity index (χ4n) is 3.64. The quantitative estimate of drug-likeness (QED) is 0.735. The Labute approximate surface area is 160 Å². The number of amides is 2. The van der Waals surface area contributed by atoms with Gasteiger partial charge in [0, 0.05) is 35.5 Å². The summed E-state index contributed by atoms with van der Waals surface area (Å²) in [4.78, 5) is 24.6. The monoisotopic (exact) mass is 387 g/mol. The first kappa shape index (κ1) is 17.6. The van der Waals surface area contributed by atoms with E-state index >= 15 is 0 Å². The maximum absolute atomic E-state index is 12.5. The molecule has 2 aliphatic rings. The summed E-state index contributed by atoms with van der Waals surface area (Å²) in [5.41, 5.74) is 0.697. The summed E-state index contributed by atoms with van der Waals surface area (Å²) in [6, 6.07) is 12.9. The third-order valence-corrected chi connectivity index (χ3v) is 6.97. The average Bonchev–Trinajstić information content (AvgIpc) is 3.32. The van der Waals surface area contributed by atoms with Crippen LogP contribution < -0.4 is 16.0 Å². The van der Waals surface area contributed by atoms with Crippen LogP contribution in [0.5, 0.6) is 0 Å². The fraction of sp³-hybridized carbons (Fsp3) is 0.368. The van der Waals surface area contributed by atoms with E-state index in [1.807, 2.05) is 36.4 Å². The lowest BCUT2D eigenvalue weighted by Gasteiger charge is -2.21. The van der Waals surface area contributed by atoms with Crippen LogP contribution in [0, 0.1) is 0 Å². The lowest BCUT2D eigenvalue weighted by molar-refractivity contribution is -0.114. The van der Waals surface area contributed by atoms with Gasteiger partial charge in [-0.3, -0.25) is 9.59 Å². The van der Waals surface area contributed by atoms with Crippen molar-refractivity contribution in [2.45, 2.75) is 53.4 Å². The van der Waals surface area contributed by atoms with E-state index in [1.54, 1.807) is 11.8 Å². The van der Waals surface area contributed by atoms with Crippen molar-refractivity contribution in [3.05, 3.63) is 42.0 Å². The van der Waals surface area contributed by atoms with Crippen LogP contribution in [0.3, 0.4) is 0 Å². The lowest BCUT2D eigenvalue weighted by Crippen LogP contribution is -2.42. The minimum absolute atomic E-state index is 0.00460. The van der Waals surface area contributed by atoms with Gasteiger partial charge in [0.15, 0.2) is 0 Å². The Kier molecular flexibility index (Phi) is 5.02. The van der Waals surface area contributed by atoms with Gasteiger partial charge in [0.2, 0.25) is 5.91 Å². The molecule has 2 aliphatic heterocycles. The minimum atomic E-state index is -0.0653. The second kappa shape index (κ2) is 7.42. The van der Waals surface area contributed by atoms with E-state index in [-0.39, 0.29) is 17.9 Å². The maximum Gasteiger partial charge on any atom is 0.251 e. The molecule has 136 valence electrons. The molecule has 26 heavy (non-hydrogen) atoms. The molecule has 5 nitrogen and oxygen atoms in total. The predicted octanol–water partition coefficient (Wildman–Crippen LogP) is 3.48. The first-order valence-electron chi connectivity index (χ1n) is 8.79. The molecule has 7 heteroatoms. The fourth-order valence-corrected chi connectivity index (χ4v) is 5.69. The minimum Gasteiger partial charge on any atom is -0.348 e. The zero-order chi connectivity index (χ0) is 18.1. The number of anilines is 1. The molecule has 0 unspecified atom stereocenters. The topological polar surface area (TPSA) is 70.2 Å². The standard InChI is InChI=1S/C19H21N3O2S2/c1-11(23)20-17-8-9-18(26-17)25-14-5-2-12(3-6-14)19(24)22-16-10-13-4-7-15(16)21-13/h2-3,5-6,8-9,13,15-16,21H,4,7,10H2,1H3,(H,20,23)(H,22,24)/t13-,15+,16-/m1/s1. The van der Waals surface area contributed by atoms with Crippen LogP contribution in [0.4, 0.5) is 5.00 Å².